The fraction of sp³-hybridized carbons (Fsp3) is 0.500. The van der Waals surface area contributed by atoms with Crippen molar-refractivity contribution in [3.63, 3.8) is 0 Å². The largest absolute Gasteiger partial charge is 0.496 e. The first-order valence-corrected chi connectivity index (χ1v) is 5.20. The minimum atomic E-state index is 0.388. The van der Waals surface area contributed by atoms with Crippen LogP contribution in [-0.2, 0) is 0 Å². The van der Waals surface area contributed by atoms with Gasteiger partial charge in [-0.3, -0.25) is 0 Å². The van der Waals surface area contributed by atoms with Crippen LogP contribution in [0.1, 0.15) is 31.4 Å². The van der Waals surface area contributed by atoms with Gasteiger partial charge in [-0.2, -0.15) is 0 Å². The number of rotatable bonds is 4. The van der Waals surface area contributed by atoms with Gasteiger partial charge in [0.25, 0.3) is 0 Å². The zero-order valence-electron chi connectivity index (χ0n) is 8.79. The van der Waals surface area contributed by atoms with Crippen molar-refractivity contribution in [1.29, 1.82) is 0 Å². The third kappa shape index (κ3) is 2.07. The van der Waals surface area contributed by atoms with Crippen molar-refractivity contribution in [1.82, 2.24) is 5.32 Å². The Morgan fingerprint density at radius 1 is 1.36 bits per heavy atom. The minimum Gasteiger partial charge on any atom is -0.496 e. The Bertz CT molecular complexity index is 307. The lowest BCUT2D eigenvalue weighted by molar-refractivity contribution is 0.401. The van der Waals surface area contributed by atoms with Crippen LogP contribution in [-0.4, -0.2) is 13.2 Å². The third-order valence-corrected chi connectivity index (χ3v) is 2.67. The van der Waals surface area contributed by atoms with Crippen molar-refractivity contribution in [2.24, 2.45) is 0 Å². The summed E-state index contributed by atoms with van der Waals surface area (Å²) in [5.41, 5.74) is 1.25. The zero-order chi connectivity index (χ0) is 9.97. The van der Waals surface area contributed by atoms with Gasteiger partial charge in [0, 0.05) is 17.6 Å². The summed E-state index contributed by atoms with van der Waals surface area (Å²) in [5, 5.41) is 3.56. The Labute approximate surface area is 85.3 Å². The fourth-order valence-corrected chi connectivity index (χ4v) is 1.72. The molecule has 2 nitrogen and oxygen atoms in total. The Morgan fingerprint density at radius 3 is 2.71 bits per heavy atom. The number of hydrogen-bond donors (Lipinski definition) is 1. The van der Waals surface area contributed by atoms with Gasteiger partial charge in [0.15, 0.2) is 0 Å². The van der Waals surface area contributed by atoms with E-state index in [9.17, 15) is 0 Å². The van der Waals surface area contributed by atoms with E-state index in [1.807, 2.05) is 12.1 Å². The van der Waals surface area contributed by atoms with E-state index in [0.29, 0.717) is 6.04 Å². The van der Waals surface area contributed by atoms with Crippen molar-refractivity contribution in [3.05, 3.63) is 29.8 Å². The molecule has 0 amide bonds. The maximum atomic E-state index is 5.33. The van der Waals surface area contributed by atoms with Crippen molar-refractivity contribution in [2.75, 3.05) is 7.11 Å². The van der Waals surface area contributed by atoms with Crippen LogP contribution in [0.25, 0.3) is 0 Å². The van der Waals surface area contributed by atoms with Crippen LogP contribution in [0.3, 0.4) is 0 Å². The van der Waals surface area contributed by atoms with Gasteiger partial charge >= 0.3 is 0 Å². The fourth-order valence-electron chi connectivity index (χ4n) is 1.72. The summed E-state index contributed by atoms with van der Waals surface area (Å²) in [6.45, 7) is 2.19. The molecule has 76 valence electrons. The summed E-state index contributed by atoms with van der Waals surface area (Å²) >= 11 is 0. The number of methoxy groups -OCH3 is 1. The standard InChI is InChI=1S/C12H17NO/c1-9(13-10-7-8-10)11-5-3-4-6-12(11)14-2/h3-6,9-10,13H,7-8H2,1-2H3/t9-/m1/s1. The summed E-state index contributed by atoms with van der Waals surface area (Å²) in [6, 6.07) is 9.32. The molecule has 1 aromatic rings. The molecule has 1 aliphatic rings. The second kappa shape index (κ2) is 4.01. The molecule has 14 heavy (non-hydrogen) atoms. The molecule has 1 N–H and O–H groups in total. The molecule has 1 saturated carbocycles. The lowest BCUT2D eigenvalue weighted by Gasteiger charge is -2.16. The average molecular weight is 191 g/mol. The molecular formula is C12H17NO. The second-order valence-electron chi connectivity index (χ2n) is 3.90. The Hall–Kier alpha value is -1.02. The van der Waals surface area contributed by atoms with E-state index < -0.39 is 0 Å². The van der Waals surface area contributed by atoms with Gasteiger partial charge in [0.05, 0.1) is 7.11 Å². The number of hydrogen-bond acceptors (Lipinski definition) is 2. The third-order valence-electron chi connectivity index (χ3n) is 2.67. The topological polar surface area (TPSA) is 21.3 Å². The predicted octanol–water partition coefficient (Wildman–Crippen LogP) is 2.51. The molecule has 2 heteroatoms. The van der Waals surface area contributed by atoms with Crippen molar-refractivity contribution in [3.8, 4) is 5.75 Å². The lowest BCUT2D eigenvalue weighted by atomic mass is 10.1. The van der Waals surface area contributed by atoms with Gasteiger partial charge in [-0.15, -0.1) is 0 Å². The van der Waals surface area contributed by atoms with Crippen LogP contribution in [0, 0.1) is 0 Å². The molecule has 0 bridgehead atoms. The first-order chi connectivity index (χ1) is 6.81. The molecule has 2 rings (SSSR count). The van der Waals surface area contributed by atoms with Crippen LogP contribution in [0.2, 0.25) is 0 Å². The van der Waals surface area contributed by atoms with E-state index >= 15 is 0 Å². The molecule has 0 unspecified atom stereocenters. The van der Waals surface area contributed by atoms with Gasteiger partial charge in [-0.05, 0) is 25.8 Å². The normalized spacial score (nSPS) is 17.9. The van der Waals surface area contributed by atoms with Crippen LogP contribution in [0.4, 0.5) is 0 Å². The molecule has 0 radical (unpaired) electrons. The molecule has 1 aromatic carbocycles. The van der Waals surface area contributed by atoms with E-state index in [1.54, 1.807) is 7.11 Å². The van der Waals surface area contributed by atoms with E-state index in [0.717, 1.165) is 11.8 Å². The summed E-state index contributed by atoms with van der Waals surface area (Å²) in [6.07, 6.45) is 2.64. The Morgan fingerprint density at radius 2 is 2.07 bits per heavy atom. The highest BCUT2D eigenvalue weighted by Gasteiger charge is 2.24. The summed E-state index contributed by atoms with van der Waals surface area (Å²) in [5.74, 6) is 0.980. The highest BCUT2D eigenvalue weighted by atomic mass is 16.5. The van der Waals surface area contributed by atoms with Crippen LogP contribution < -0.4 is 10.1 Å². The van der Waals surface area contributed by atoms with Crippen LogP contribution in [0.15, 0.2) is 24.3 Å². The molecule has 1 atom stereocenters. The van der Waals surface area contributed by atoms with E-state index in [1.165, 1.54) is 18.4 Å². The van der Waals surface area contributed by atoms with Crippen LogP contribution >= 0.6 is 0 Å². The molecule has 0 aliphatic heterocycles. The molecule has 0 aromatic heterocycles. The SMILES string of the molecule is COc1ccccc1[C@@H](C)NC1CC1. The molecular weight excluding hydrogens is 174 g/mol. The number of ether oxygens (including phenoxy) is 1. The molecule has 0 spiro atoms. The van der Waals surface area contributed by atoms with Crippen molar-refractivity contribution in [2.45, 2.75) is 31.8 Å². The first-order valence-electron chi connectivity index (χ1n) is 5.20. The van der Waals surface area contributed by atoms with Crippen molar-refractivity contribution < 1.29 is 4.74 Å². The Balaban J connectivity index is 2.11. The Kier molecular flexibility index (Phi) is 2.73. The molecule has 1 aliphatic carbocycles. The quantitative estimate of drug-likeness (QED) is 0.789. The van der Waals surface area contributed by atoms with Gasteiger partial charge < -0.3 is 10.1 Å². The average Bonchev–Trinajstić information content (AvgIpc) is 3.01. The highest BCUT2D eigenvalue weighted by molar-refractivity contribution is 5.35. The molecule has 1 fully saturated rings. The van der Waals surface area contributed by atoms with Crippen molar-refractivity contribution >= 4 is 0 Å². The molecule has 0 saturated heterocycles. The first kappa shape index (κ1) is 9.53. The predicted molar refractivity (Wildman–Crippen MR) is 57.6 cm³/mol. The number of nitrogens with one attached hydrogen (secondary N) is 1. The van der Waals surface area contributed by atoms with E-state index in [4.69, 9.17) is 4.74 Å². The number of para-hydroxylation sites is 1. The minimum absolute atomic E-state index is 0.388. The maximum Gasteiger partial charge on any atom is 0.123 e. The van der Waals surface area contributed by atoms with Gasteiger partial charge in [0.1, 0.15) is 5.75 Å². The van der Waals surface area contributed by atoms with Gasteiger partial charge in [-0.1, -0.05) is 18.2 Å². The second-order valence-corrected chi connectivity index (χ2v) is 3.90. The molecule has 0 heterocycles. The summed E-state index contributed by atoms with van der Waals surface area (Å²) < 4.78 is 5.33. The maximum absolute atomic E-state index is 5.33. The van der Waals surface area contributed by atoms with Gasteiger partial charge in [0.2, 0.25) is 0 Å². The smallest absolute Gasteiger partial charge is 0.123 e. The summed E-state index contributed by atoms with van der Waals surface area (Å²) in [4.78, 5) is 0. The highest BCUT2D eigenvalue weighted by Crippen LogP contribution is 2.28. The van der Waals surface area contributed by atoms with E-state index in [-0.39, 0.29) is 0 Å². The zero-order valence-corrected chi connectivity index (χ0v) is 8.79. The summed E-state index contributed by atoms with van der Waals surface area (Å²) in [7, 11) is 1.72. The van der Waals surface area contributed by atoms with E-state index in [2.05, 4.69) is 24.4 Å². The lowest BCUT2D eigenvalue weighted by Crippen LogP contribution is -2.21. The number of benzene rings is 1. The van der Waals surface area contributed by atoms with Gasteiger partial charge in [-0.25, -0.2) is 0 Å². The van der Waals surface area contributed by atoms with Crippen LogP contribution in [0.5, 0.6) is 5.75 Å². The monoisotopic (exact) mass is 191 g/mol.